The Bertz CT molecular complexity index is 691. The fraction of sp³-hybridized carbons (Fsp3) is 0.125. The lowest BCUT2D eigenvalue weighted by Gasteiger charge is -2.08. The second-order valence-electron chi connectivity index (χ2n) is 4.48. The van der Waals surface area contributed by atoms with Gasteiger partial charge in [0.15, 0.2) is 0 Å². The molecular formula is C16H14ClNO3S. The van der Waals surface area contributed by atoms with Crippen molar-refractivity contribution in [1.82, 2.24) is 0 Å². The maximum Gasteiger partial charge on any atom is 0.337 e. The van der Waals surface area contributed by atoms with E-state index in [0.717, 1.165) is 5.56 Å². The fourth-order valence-corrected chi connectivity index (χ4v) is 2.95. The molecule has 22 heavy (non-hydrogen) atoms. The summed E-state index contributed by atoms with van der Waals surface area (Å²) in [4.78, 5) is 23.0. The lowest BCUT2D eigenvalue weighted by molar-refractivity contribution is -0.113. The molecule has 0 saturated heterocycles. The van der Waals surface area contributed by atoms with E-state index in [0.29, 0.717) is 16.5 Å². The number of carboxylic acid groups (broad SMARTS) is 1. The molecule has 0 saturated carbocycles. The van der Waals surface area contributed by atoms with Gasteiger partial charge in [0, 0.05) is 10.8 Å². The molecule has 0 aromatic heterocycles. The largest absolute Gasteiger partial charge is 0.478 e. The summed E-state index contributed by atoms with van der Waals surface area (Å²) in [5.41, 5.74) is 1.35. The summed E-state index contributed by atoms with van der Waals surface area (Å²) in [7, 11) is 0. The monoisotopic (exact) mass is 335 g/mol. The van der Waals surface area contributed by atoms with Crippen LogP contribution in [0.4, 0.5) is 5.69 Å². The smallest absolute Gasteiger partial charge is 0.337 e. The van der Waals surface area contributed by atoms with Gasteiger partial charge in [0.2, 0.25) is 5.91 Å². The summed E-state index contributed by atoms with van der Waals surface area (Å²) in [5.74, 6) is -0.474. The minimum absolute atomic E-state index is 0.0759. The highest BCUT2D eigenvalue weighted by molar-refractivity contribution is 7.99. The Morgan fingerprint density at radius 3 is 2.50 bits per heavy atom. The van der Waals surface area contributed by atoms with E-state index in [1.165, 1.54) is 17.8 Å². The molecule has 0 spiro atoms. The van der Waals surface area contributed by atoms with Gasteiger partial charge in [0.1, 0.15) is 0 Å². The molecule has 1 amide bonds. The van der Waals surface area contributed by atoms with E-state index in [-0.39, 0.29) is 17.2 Å². The number of carboxylic acids is 1. The summed E-state index contributed by atoms with van der Waals surface area (Å²) in [6.45, 7) is 0. The third kappa shape index (κ3) is 4.51. The van der Waals surface area contributed by atoms with Gasteiger partial charge in [-0.2, -0.15) is 0 Å². The minimum Gasteiger partial charge on any atom is -0.478 e. The van der Waals surface area contributed by atoms with Crippen molar-refractivity contribution in [3.63, 3.8) is 0 Å². The summed E-state index contributed by atoms with van der Waals surface area (Å²) in [6.07, 6.45) is 0. The molecule has 2 aromatic carbocycles. The number of amides is 1. The molecule has 0 unspecified atom stereocenters. The lowest BCUT2D eigenvalue weighted by Crippen LogP contribution is -2.16. The van der Waals surface area contributed by atoms with Crippen molar-refractivity contribution in [1.29, 1.82) is 0 Å². The molecule has 0 heterocycles. The van der Waals surface area contributed by atoms with Crippen LogP contribution < -0.4 is 5.32 Å². The molecule has 114 valence electrons. The number of hydrogen-bond acceptors (Lipinski definition) is 3. The molecule has 0 aliphatic rings. The van der Waals surface area contributed by atoms with Crippen molar-refractivity contribution in [2.75, 3.05) is 11.1 Å². The first kappa shape index (κ1) is 16.4. The molecule has 0 aliphatic heterocycles. The quantitative estimate of drug-likeness (QED) is 0.840. The second-order valence-corrected chi connectivity index (χ2v) is 5.88. The molecule has 2 N–H and O–H groups in total. The summed E-state index contributed by atoms with van der Waals surface area (Å²) < 4.78 is 0. The highest BCUT2D eigenvalue weighted by atomic mass is 35.5. The summed E-state index contributed by atoms with van der Waals surface area (Å²) in [5, 5.41) is 12.4. The highest BCUT2D eigenvalue weighted by Crippen LogP contribution is 2.21. The van der Waals surface area contributed by atoms with Crippen LogP contribution in [-0.2, 0) is 10.5 Å². The number of benzene rings is 2. The first-order valence-electron chi connectivity index (χ1n) is 6.51. The van der Waals surface area contributed by atoms with Crippen molar-refractivity contribution >= 4 is 40.9 Å². The molecule has 6 heteroatoms. The SMILES string of the molecule is O=C(CSCc1ccccc1Cl)Nc1ccccc1C(=O)O. The van der Waals surface area contributed by atoms with Gasteiger partial charge in [-0.3, -0.25) is 4.79 Å². The fourth-order valence-electron chi connectivity index (χ4n) is 1.83. The van der Waals surface area contributed by atoms with Gasteiger partial charge in [0.25, 0.3) is 0 Å². The highest BCUT2D eigenvalue weighted by Gasteiger charge is 2.11. The van der Waals surface area contributed by atoms with Crippen LogP contribution in [0, 0.1) is 0 Å². The number of carbonyl (C=O) groups is 2. The van der Waals surface area contributed by atoms with E-state index in [9.17, 15) is 9.59 Å². The zero-order valence-electron chi connectivity index (χ0n) is 11.6. The second kappa shape index (κ2) is 7.87. The molecule has 2 aromatic rings. The van der Waals surface area contributed by atoms with Crippen molar-refractivity contribution in [3.05, 3.63) is 64.7 Å². The van der Waals surface area contributed by atoms with Crippen LogP contribution in [0.25, 0.3) is 0 Å². The molecule has 0 aliphatic carbocycles. The van der Waals surface area contributed by atoms with Gasteiger partial charge in [-0.25, -0.2) is 4.79 Å². The van der Waals surface area contributed by atoms with Crippen molar-refractivity contribution in [2.45, 2.75) is 5.75 Å². The number of aromatic carboxylic acids is 1. The molecule has 2 rings (SSSR count). The third-order valence-electron chi connectivity index (χ3n) is 2.88. The Labute approximate surface area is 137 Å². The van der Waals surface area contributed by atoms with E-state index < -0.39 is 5.97 Å². The third-order valence-corrected chi connectivity index (χ3v) is 4.23. The number of halogens is 1. The Morgan fingerprint density at radius 1 is 1.09 bits per heavy atom. The first-order valence-corrected chi connectivity index (χ1v) is 8.04. The van der Waals surface area contributed by atoms with Crippen LogP contribution in [0.15, 0.2) is 48.5 Å². The van der Waals surface area contributed by atoms with E-state index in [1.807, 2.05) is 18.2 Å². The Balaban J connectivity index is 1.89. The zero-order valence-corrected chi connectivity index (χ0v) is 13.2. The summed E-state index contributed by atoms with van der Waals surface area (Å²) >= 11 is 7.46. The predicted molar refractivity (Wildman–Crippen MR) is 89.6 cm³/mol. The number of carbonyl (C=O) groups excluding carboxylic acids is 1. The minimum atomic E-state index is -1.07. The number of thioether (sulfide) groups is 1. The van der Waals surface area contributed by atoms with Crippen LogP contribution in [0.5, 0.6) is 0 Å². The maximum atomic E-state index is 11.9. The molecular weight excluding hydrogens is 322 g/mol. The van der Waals surface area contributed by atoms with Crippen molar-refractivity contribution in [3.8, 4) is 0 Å². The Hall–Kier alpha value is -1.98. The van der Waals surface area contributed by atoms with Crippen LogP contribution >= 0.6 is 23.4 Å². The standard InChI is InChI=1S/C16H14ClNO3S/c17-13-7-3-1-5-11(13)9-22-10-15(19)18-14-8-4-2-6-12(14)16(20)21/h1-8H,9-10H2,(H,18,19)(H,20,21). The normalized spacial score (nSPS) is 10.2. The number of rotatable bonds is 6. The van der Waals surface area contributed by atoms with E-state index in [2.05, 4.69) is 5.32 Å². The maximum absolute atomic E-state index is 11.9. The number of anilines is 1. The molecule has 0 fully saturated rings. The van der Waals surface area contributed by atoms with Gasteiger partial charge in [0.05, 0.1) is 17.0 Å². The lowest BCUT2D eigenvalue weighted by atomic mass is 10.2. The molecule has 4 nitrogen and oxygen atoms in total. The van der Waals surface area contributed by atoms with E-state index in [1.54, 1.807) is 24.3 Å². The number of hydrogen-bond donors (Lipinski definition) is 2. The van der Waals surface area contributed by atoms with E-state index in [4.69, 9.17) is 16.7 Å². The average molecular weight is 336 g/mol. The van der Waals surface area contributed by atoms with Crippen molar-refractivity contribution in [2.24, 2.45) is 0 Å². The van der Waals surface area contributed by atoms with Crippen LogP contribution in [0.2, 0.25) is 5.02 Å². The molecule has 0 radical (unpaired) electrons. The zero-order chi connectivity index (χ0) is 15.9. The average Bonchev–Trinajstić information content (AvgIpc) is 2.49. The van der Waals surface area contributed by atoms with Gasteiger partial charge in [-0.15, -0.1) is 11.8 Å². The molecule has 0 atom stereocenters. The Morgan fingerprint density at radius 2 is 1.77 bits per heavy atom. The van der Waals surface area contributed by atoms with E-state index >= 15 is 0 Å². The van der Waals surface area contributed by atoms with Gasteiger partial charge >= 0.3 is 5.97 Å². The predicted octanol–water partition coefficient (Wildman–Crippen LogP) is 3.91. The summed E-state index contributed by atoms with van der Waals surface area (Å²) in [6, 6.07) is 13.8. The topological polar surface area (TPSA) is 66.4 Å². The van der Waals surface area contributed by atoms with Crippen LogP contribution in [-0.4, -0.2) is 22.7 Å². The van der Waals surface area contributed by atoms with Gasteiger partial charge in [-0.05, 0) is 23.8 Å². The first-order chi connectivity index (χ1) is 10.6. The number of para-hydroxylation sites is 1. The number of nitrogens with one attached hydrogen (secondary N) is 1. The Kier molecular flexibility index (Phi) is 5.86. The van der Waals surface area contributed by atoms with Gasteiger partial charge in [-0.1, -0.05) is 41.9 Å². The van der Waals surface area contributed by atoms with Crippen molar-refractivity contribution < 1.29 is 14.7 Å². The van der Waals surface area contributed by atoms with Crippen LogP contribution in [0.1, 0.15) is 15.9 Å². The van der Waals surface area contributed by atoms with Crippen LogP contribution in [0.3, 0.4) is 0 Å². The van der Waals surface area contributed by atoms with Gasteiger partial charge < -0.3 is 10.4 Å². The molecule has 0 bridgehead atoms.